The molecule has 0 bridgehead atoms. The topological polar surface area (TPSA) is 73.3 Å². The highest BCUT2D eigenvalue weighted by atomic mass is 35.5. The number of ether oxygens (including phenoxy) is 2. The van der Waals surface area contributed by atoms with E-state index in [1.807, 2.05) is 24.3 Å². The van der Waals surface area contributed by atoms with Crippen molar-refractivity contribution in [3.8, 4) is 28.3 Å². The molecule has 7 nitrogen and oxygen atoms in total. The molecule has 1 aliphatic heterocycles. The third-order valence-corrected chi connectivity index (χ3v) is 6.72. The largest absolute Gasteiger partial charge is 0.476 e. The Balaban J connectivity index is 1.43. The maximum Gasteiger partial charge on any atom is 0.222 e. The van der Waals surface area contributed by atoms with Crippen molar-refractivity contribution in [2.45, 2.75) is 0 Å². The summed E-state index contributed by atoms with van der Waals surface area (Å²) in [6, 6.07) is 12.0. The summed E-state index contributed by atoms with van der Waals surface area (Å²) < 4.78 is 26.3. The van der Waals surface area contributed by atoms with Crippen LogP contribution in [0.15, 0.2) is 67.3 Å². The first-order valence-corrected chi connectivity index (χ1v) is 12.4. The molecule has 9 heteroatoms. The summed E-state index contributed by atoms with van der Waals surface area (Å²) in [5, 5.41) is 2.97. The summed E-state index contributed by atoms with van der Waals surface area (Å²) in [5.41, 5.74) is 2.93. The minimum Gasteiger partial charge on any atom is -0.476 e. The van der Waals surface area contributed by atoms with E-state index >= 15 is 0 Å². The highest BCUT2D eigenvalue weighted by Gasteiger charge is 2.18. The molecule has 1 aliphatic rings. The van der Waals surface area contributed by atoms with Gasteiger partial charge in [-0.25, -0.2) is 19.3 Å². The molecule has 0 unspecified atom stereocenters. The second kappa shape index (κ2) is 10.3. The van der Waals surface area contributed by atoms with Crippen LogP contribution >= 0.6 is 11.6 Å². The average molecular weight is 516 g/mol. The van der Waals surface area contributed by atoms with E-state index in [1.165, 1.54) is 12.1 Å². The minimum absolute atomic E-state index is 0.309. The molecule has 6 rings (SSSR count). The van der Waals surface area contributed by atoms with Crippen molar-refractivity contribution in [2.24, 2.45) is 0 Å². The number of hydrogen-bond donors (Lipinski definition) is 0. The maximum absolute atomic E-state index is 14.8. The van der Waals surface area contributed by atoms with E-state index in [0.29, 0.717) is 34.4 Å². The molecule has 1 aromatic carbocycles. The Morgan fingerprint density at radius 1 is 0.919 bits per heavy atom. The van der Waals surface area contributed by atoms with Crippen molar-refractivity contribution in [1.82, 2.24) is 24.8 Å². The normalized spacial score (nSPS) is 14.3. The van der Waals surface area contributed by atoms with Crippen molar-refractivity contribution in [3.05, 3.63) is 78.1 Å². The number of rotatable bonds is 6. The number of aromatic nitrogens is 4. The number of pyridine rings is 4. The van der Waals surface area contributed by atoms with Crippen LogP contribution in [-0.4, -0.2) is 64.3 Å². The smallest absolute Gasteiger partial charge is 0.222 e. The predicted molar refractivity (Wildman–Crippen MR) is 141 cm³/mol. The van der Waals surface area contributed by atoms with Crippen molar-refractivity contribution < 1.29 is 13.9 Å². The molecule has 0 spiro atoms. The van der Waals surface area contributed by atoms with E-state index in [0.717, 1.165) is 60.1 Å². The molecular formula is C28H23ClFN5O2. The predicted octanol–water partition coefficient (Wildman–Crippen LogP) is 5.41. The van der Waals surface area contributed by atoms with Crippen LogP contribution in [0.4, 0.5) is 4.39 Å². The van der Waals surface area contributed by atoms with Gasteiger partial charge in [-0.1, -0.05) is 11.6 Å². The Hall–Kier alpha value is -3.72. The fourth-order valence-electron chi connectivity index (χ4n) is 4.60. The summed E-state index contributed by atoms with van der Waals surface area (Å²) in [6.45, 7) is 4.60. The van der Waals surface area contributed by atoms with Crippen LogP contribution in [0.3, 0.4) is 0 Å². The van der Waals surface area contributed by atoms with Gasteiger partial charge in [-0.3, -0.25) is 9.88 Å². The zero-order valence-corrected chi connectivity index (χ0v) is 20.7. The van der Waals surface area contributed by atoms with Gasteiger partial charge in [0.15, 0.2) is 5.65 Å². The fourth-order valence-corrected chi connectivity index (χ4v) is 4.77. The Morgan fingerprint density at radius 2 is 1.81 bits per heavy atom. The van der Waals surface area contributed by atoms with Crippen molar-refractivity contribution >= 4 is 33.4 Å². The van der Waals surface area contributed by atoms with Crippen LogP contribution in [0, 0.1) is 5.82 Å². The van der Waals surface area contributed by atoms with Crippen molar-refractivity contribution in [1.29, 1.82) is 0 Å². The monoisotopic (exact) mass is 515 g/mol. The molecule has 1 saturated heterocycles. The SMILES string of the molecule is Fc1ccc(Cl)cc1-c1cc(-c2cnc(OCCN3CCOCC3)c3cnccc23)c2cccnc2n1. The van der Waals surface area contributed by atoms with Gasteiger partial charge in [0, 0.05) is 66.0 Å². The zero-order chi connectivity index (χ0) is 25.2. The lowest BCUT2D eigenvalue weighted by Crippen LogP contribution is -2.38. The molecule has 5 heterocycles. The molecule has 0 N–H and O–H groups in total. The van der Waals surface area contributed by atoms with Gasteiger partial charge in [-0.2, -0.15) is 0 Å². The van der Waals surface area contributed by atoms with Crippen LogP contribution in [0.5, 0.6) is 5.88 Å². The molecule has 186 valence electrons. The van der Waals surface area contributed by atoms with Crippen LogP contribution in [0.25, 0.3) is 44.2 Å². The first kappa shape index (κ1) is 23.7. The van der Waals surface area contributed by atoms with Gasteiger partial charge in [0.25, 0.3) is 0 Å². The average Bonchev–Trinajstić information content (AvgIpc) is 2.94. The molecule has 0 aliphatic carbocycles. The minimum atomic E-state index is -0.408. The molecule has 0 radical (unpaired) electrons. The molecule has 4 aromatic heterocycles. The lowest BCUT2D eigenvalue weighted by atomic mass is 9.97. The lowest BCUT2D eigenvalue weighted by molar-refractivity contribution is 0.0321. The molecule has 0 atom stereocenters. The van der Waals surface area contributed by atoms with E-state index in [9.17, 15) is 4.39 Å². The van der Waals surface area contributed by atoms with E-state index in [2.05, 4.69) is 24.8 Å². The number of hydrogen-bond acceptors (Lipinski definition) is 7. The van der Waals surface area contributed by atoms with Gasteiger partial charge in [0.2, 0.25) is 5.88 Å². The van der Waals surface area contributed by atoms with Crippen LogP contribution in [-0.2, 0) is 4.74 Å². The number of halogens is 2. The second-order valence-corrected chi connectivity index (χ2v) is 9.19. The van der Waals surface area contributed by atoms with E-state index in [1.54, 1.807) is 30.9 Å². The van der Waals surface area contributed by atoms with Gasteiger partial charge < -0.3 is 9.47 Å². The van der Waals surface area contributed by atoms with E-state index in [4.69, 9.17) is 21.1 Å². The summed E-state index contributed by atoms with van der Waals surface area (Å²) >= 11 is 6.18. The van der Waals surface area contributed by atoms with Crippen molar-refractivity contribution in [2.75, 3.05) is 39.5 Å². The summed E-state index contributed by atoms with van der Waals surface area (Å²) in [4.78, 5) is 20.4. The van der Waals surface area contributed by atoms with Crippen LogP contribution in [0.2, 0.25) is 5.02 Å². The maximum atomic E-state index is 14.8. The molecule has 0 saturated carbocycles. The second-order valence-electron chi connectivity index (χ2n) is 8.75. The Morgan fingerprint density at radius 3 is 2.70 bits per heavy atom. The quantitative estimate of drug-likeness (QED) is 0.299. The van der Waals surface area contributed by atoms with Gasteiger partial charge in [0.05, 0.1) is 24.3 Å². The summed E-state index contributed by atoms with van der Waals surface area (Å²) in [6.07, 6.45) is 6.95. The Labute approximate surface area is 217 Å². The van der Waals surface area contributed by atoms with Gasteiger partial charge in [-0.05, 0) is 53.4 Å². The highest BCUT2D eigenvalue weighted by Crippen LogP contribution is 2.38. The zero-order valence-electron chi connectivity index (χ0n) is 19.9. The standard InChI is InChI=1S/C28H23ClFN5O2/c29-18-3-4-25(30)22(14-18)26-15-21(20-2-1-6-32-27(20)34-26)23-17-33-28(24-16-31-7-5-19(23)24)37-13-10-35-8-11-36-12-9-35/h1-7,14-17H,8-13H2. The molecule has 1 fully saturated rings. The van der Waals surface area contributed by atoms with Crippen LogP contribution < -0.4 is 4.74 Å². The molecule has 37 heavy (non-hydrogen) atoms. The lowest BCUT2D eigenvalue weighted by Gasteiger charge is -2.26. The fraction of sp³-hybridized carbons (Fsp3) is 0.214. The van der Waals surface area contributed by atoms with E-state index < -0.39 is 5.82 Å². The Kier molecular flexibility index (Phi) is 6.61. The van der Waals surface area contributed by atoms with Crippen molar-refractivity contribution in [3.63, 3.8) is 0 Å². The van der Waals surface area contributed by atoms with Crippen LogP contribution in [0.1, 0.15) is 0 Å². The Bertz CT molecular complexity index is 1590. The van der Waals surface area contributed by atoms with Gasteiger partial charge in [0.1, 0.15) is 12.4 Å². The molecule has 0 amide bonds. The number of fused-ring (bicyclic) bond motifs is 2. The highest BCUT2D eigenvalue weighted by molar-refractivity contribution is 6.30. The van der Waals surface area contributed by atoms with Gasteiger partial charge in [-0.15, -0.1) is 0 Å². The molecular weight excluding hydrogens is 493 g/mol. The summed E-state index contributed by atoms with van der Waals surface area (Å²) in [5.74, 6) is 0.118. The third kappa shape index (κ3) is 4.83. The third-order valence-electron chi connectivity index (χ3n) is 6.48. The first-order chi connectivity index (χ1) is 18.2. The number of morpholine rings is 1. The number of nitrogens with zero attached hydrogens (tertiary/aromatic N) is 5. The number of benzene rings is 1. The first-order valence-electron chi connectivity index (χ1n) is 12.0. The van der Waals surface area contributed by atoms with E-state index in [-0.39, 0.29) is 0 Å². The molecule has 5 aromatic rings. The summed E-state index contributed by atoms with van der Waals surface area (Å²) in [7, 11) is 0. The van der Waals surface area contributed by atoms with Gasteiger partial charge >= 0.3 is 0 Å².